The maximum atomic E-state index is 11.1. The molecule has 3 N–H and O–H groups in total. The Bertz CT molecular complexity index is 308. The van der Waals surface area contributed by atoms with Gasteiger partial charge in [-0.15, -0.1) is 0 Å². The molecule has 0 unspecified atom stereocenters. The number of carbonyl (C=O) groups excluding carboxylic acids is 3. The van der Waals surface area contributed by atoms with E-state index in [0.717, 1.165) is 0 Å². The second kappa shape index (κ2) is 5.95. The summed E-state index contributed by atoms with van der Waals surface area (Å²) in [6.07, 6.45) is 1.29. The Hall–Kier alpha value is -1.65. The van der Waals surface area contributed by atoms with Crippen molar-refractivity contribution in [2.45, 2.75) is 33.2 Å². The van der Waals surface area contributed by atoms with Crippen LogP contribution in [0.1, 0.15) is 27.2 Å². The molecule has 0 aromatic carbocycles. The molecule has 0 aromatic heterocycles. The number of hydrogen-bond acceptors (Lipinski definition) is 4. The molecule has 0 aliphatic carbocycles. The fourth-order valence-electron chi connectivity index (χ4n) is 1.12. The molecule has 5 heteroatoms. The molecule has 0 aliphatic heterocycles. The van der Waals surface area contributed by atoms with E-state index in [1.165, 1.54) is 19.9 Å². The largest absolute Gasteiger partial charge is 0.378 e. The molecule has 0 aromatic rings. The van der Waals surface area contributed by atoms with Crippen LogP contribution in [0.2, 0.25) is 0 Å². The smallest absolute Gasteiger partial charge is 0.219 e. The Balaban J connectivity index is 4.48. The molecule has 0 fully saturated rings. The molecule has 0 radical (unpaired) electrons. The molecule has 1 amide bonds. The molecule has 0 spiro atoms. The average molecular weight is 212 g/mol. The maximum Gasteiger partial charge on any atom is 0.219 e. The van der Waals surface area contributed by atoms with Gasteiger partial charge in [0.1, 0.15) is 0 Å². The Kier molecular flexibility index (Phi) is 5.30. The minimum atomic E-state index is -0.655. The van der Waals surface area contributed by atoms with Crippen LogP contribution < -0.4 is 11.1 Å². The number of nitrogens with one attached hydrogen (secondary N) is 1. The van der Waals surface area contributed by atoms with Gasteiger partial charge in [0.2, 0.25) is 5.91 Å². The molecule has 0 saturated heterocycles. The normalized spacial score (nSPS) is 13.1. The zero-order valence-electron chi connectivity index (χ0n) is 9.16. The number of Topliss-reactive ketones (excluding diaryl/α,β-unsaturated/α-hetero) is 1. The van der Waals surface area contributed by atoms with Crippen LogP contribution in [0, 0.1) is 0 Å². The van der Waals surface area contributed by atoms with E-state index >= 15 is 0 Å². The average Bonchev–Trinajstić information content (AvgIpc) is 1.99. The summed E-state index contributed by atoms with van der Waals surface area (Å²) in [5.74, 6) is -0.871. The van der Waals surface area contributed by atoms with Gasteiger partial charge in [0.15, 0.2) is 11.6 Å². The number of rotatable bonds is 6. The van der Waals surface area contributed by atoms with Gasteiger partial charge < -0.3 is 11.1 Å². The minimum absolute atomic E-state index is 0.0710. The Labute approximate surface area is 88.7 Å². The van der Waals surface area contributed by atoms with Crippen LogP contribution >= 0.6 is 0 Å². The highest BCUT2D eigenvalue weighted by Crippen LogP contribution is 1.98. The van der Waals surface area contributed by atoms with Gasteiger partial charge in [0, 0.05) is 5.70 Å². The first-order valence-electron chi connectivity index (χ1n) is 4.57. The van der Waals surface area contributed by atoms with Gasteiger partial charge in [0.05, 0.1) is 12.5 Å². The standard InChI is InChI=1S/C10H16N2O3/c1-6(4-7(2)13)12-9(8(3)14)5-10(11)15/h4,9,12H,5H2,1-3H3,(H2,11,15)/b6-4+/t9-/m0/s1. The van der Waals surface area contributed by atoms with E-state index in [9.17, 15) is 14.4 Å². The first-order chi connectivity index (χ1) is 6.82. The van der Waals surface area contributed by atoms with Crippen LogP contribution in [0.25, 0.3) is 0 Å². The van der Waals surface area contributed by atoms with Crippen molar-refractivity contribution in [3.8, 4) is 0 Å². The minimum Gasteiger partial charge on any atom is -0.378 e. The van der Waals surface area contributed by atoms with Gasteiger partial charge in [-0.25, -0.2) is 0 Å². The SMILES string of the molecule is CC(=O)/C=C(\C)N[C@@H](CC(N)=O)C(C)=O. The summed E-state index contributed by atoms with van der Waals surface area (Å²) in [6.45, 7) is 4.42. The summed E-state index contributed by atoms with van der Waals surface area (Å²) in [5, 5.41) is 2.77. The van der Waals surface area contributed by atoms with E-state index in [4.69, 9.17) is 5.73 Å². The number of hydrogen-bond donors (Lipinski definition) is 2. The van der Waals surface area contributed by atoms with Crippen molar-refractivity contribution in [1.29, 1.82) is 0 Å². The highest BCUT2D eigenvalue weighted by molar-refractivity contribution is 5.89. The Morgan fingerprint density at radius 3 is 2.13 bits per heavy atom. The lowest BCUT2D eigenvalue weighted by molar-refractivity contribution is -0.124. The van der Waals surface area contributed by atoms with Crippen molar-refractivity contribution in [3.05, 3.63) is 11.8 Å². The third kappa shape index (κ3) is 6.42. The molecular weight excluding hydrogens is 196 g/mol. The first kappa shape index (κ1) is 13.4. The van der Waals surface area contributed by atoms with E-state index in [0.29, 0.717) is 5.70 Å². The van der Waals surface area contributed by atoms with Crippen molar-refractivity contribution in [3.63, 3.8) is 0 Å². The summed E-state index contributed by atoms with van der Waals surface area (Å²) < 4.78 is 0. The van der Waals surface area contributed by atoms with Crippen molar-refractivity contribution in [1.82, 2.24) is 5.32 Å². The van der Waals surface area contributed by atoms with Crippen LogP contribution in [0.15, 0.2) is 11.8 Å². The quantitative estimate of drug-likeness (QED) is 0.602. The molecule has 0 rings (SSSR count). The van der Waals surface area contributed by atoms with Gasteiger partial charge in [-0.3, -0.25) is 14.4 Å². The van der Waals surface area contributed by atoms with Crippen molar-refractivity contribution in [2.75, 3.05) is 0 Å². The zero-order valence-corrected chi connectivity index (χ0v) is 9.16. The number of nitrogens with two attached hydrogens (primary N) is 1. The number of carbonyl (C=O) groups is 3. The molecule has 15 heavy (non-hydrogen) atoms. The molecule has 84 valence electrons. The molecule has 5 nitrogen and oxygen atoms in total. The van der Waals surface area contributed by atoms with Crippen LogP contribution in [0.4, 0.5) is 0 Å². The van der Waals surface area contributed by atoms with Crippen LogP contribution in [-0.2, 0) is 14.4 Å². The van der Waals surface area contributed by atoms with Crippen molar-refractivity contribution < 1.29 is 14.4 Å². The topological polar surface area (TPSA) is 89.3 Å². The second-order valence-corrected chi connectivity index (χ2v) is 3.42. The van der Waals surface area contributed by atoms with Gasteiger partial charge in [-0.2, -0.15) is 0 Å². The first-order valence-corrected chi connectivity index (χ1v) is 4.57. The van der Waals surface area contributed by atoms with Crippen LogP contribution in [0.5, 0.6) is 0 Å². The second-order valence-electron chi connectivity index (χ2n) is 3.42. The summed E-state index contributed by atoms with van der Waals surface area (Å²) in [4.78, 5) is 32.5. The van der Waals surface area contributed by atoms with Gasteiger partial charge in [0.25, 0.3) is 0 Å². The third-order valence-corrected chi connectivity index (χ3v) is 1.72. The predicted octanol–water partition coefficient (Wildman–Crippen LogP) is -0.0982. The molecular formula is C10H16N2O3. The van der Waals surface area contributed by atoms with Crippen molar-refractivity contribution in [2.24, 2.45) is 5.73 Å². The summed E-state index contributed by atoms with van der Waals surface area (Å²) in [5.41, 5.74) is 5.54. The maximum absolute atomic E-state index is 11.1. The predicted molar refractivity (Wildman–Crippen MR) is 55.9 cm³/mol. The lowest BCUT2D eigenvalue weighted by Crippen LogP contribution is -2.38. The van der Waals surface area contributed by atoms with E-state index < -0.39 is 11.9 Å². The third-order valence-electron chi connectivity index (χ3n) is 1.72. The van der Waals surface area contributed by atoms with E-state index in [-0.39, 0.29) is 18.0 Å². The summed E-state index contributed by atoms with van der Waals surface area (Å²) in [7, 11) is 0. The van der Waals surface area contributed by atoms with Gasteiger partial charge in [-0.1, -0.05) is 0 Å². The number of primary amides is 1. The highest BCUT2D eigenvalue weighted by atomic mass is 16.1. The lowest BCUT2D eigenvalue weighted by atomic mass is 10.1. The van der Waals surface area contributed by atoms with E-state index in [2.05, 4.69) is 5.32 Å². The van der Waals surface area contributed by atoms with Crippen LogP contribution in [-0.4, -0.2) is 23.5 Å². The molecule has 0 aliphatic rings. The number of amides is 1. The Morgan fingerprint density at radius 2 is 1.80 bits per heavy atom. The molecule has 0 bridgehead atoms. The molecule has 1 atom stereocenters. The molecule has 0 heterocycles. The zero-order chi connectivity index (χ0) is 12.0. The summed E-state index contributed by atoms with van der Waals surface area (Å²) >= 11 is 0. The lowest BCUT2D eigenvalue weighted by Gasteiger charge is -2.15. The number of ketones is 2. The van der Waals surface area contributed by atoms with E-state index in [1.807, 2.05) is 0 Å². The van der Waals surface area contributed by atoms with E-state index in [1.54, 1.807) is 6.92 Å². The van der Waals surface area contributed by atoms with Crippen molar-refractivity contribution >= 4 is 17.5 Å². The monoisotopic (exact) mass is 212 g/mol. The summed E-state index contributed by atoms with van der Waals surface area (Å²) in [6, 6.07) is -0.655. The van der Waals surface area contributed by atoms with Gasteiger partial charge >= 0.3 is 0 Å². The Morgan fingerprint density at radius 1 is 1.27 bits per heavy atom. The van der Waals surface area contributed by atoms with Gasteiger partial charge in [-0.05, 0) is 26.8 Å². The van der Waals surface area contributed by atoms with Crippen LogP contribution in [0.3, 0.4) is 0 Å². The molecule has 0 saturated carbocycles. The highest BCUT2D eigenvalue weighted by Gasteiger charge is 2.16. The fourth-order valence-corrected chi connectivity index (χ4v) is 1.12. The number of allylic oxidation sites excluding steroid dienone is 2. The fraction of sp³-hybridized carbons (Fsp3) is 0.500.